The molecule has 0 radical (unpaired) electrons. The number of hydrogen-bond acceptors (Lipinski definition) is 2. The van der Waals surface area contributed by atoms with Crippen LogP contribution in [0.25, 0.3) is 0 Å². The lowest BCUT2D eigenvalue weighted by Gasteiger charge is -2.19. The summed E-state index contributed by atoms with van der Waals surface area (Å²) in [7, 11) is 0. The molecule has 1 rings (SSSR count). The molecule has 0 spiro atoms. The molecule has 4 nitrogen and oxygen atoms in total. The highest BCUT2D eigenvalue weighted by atomic mass is 16.4. The van der Waals surface area contributed by atoms with E-state index in [1.165, 1.54) is 4.68 Å². The predicted molar refractivity (Wildman–Crippen MR) is 60.0 cm³/mol. The van der Waals surface area contributed by atoms with Crippen LogP contribution in [0.3, 0.4) is 0 Å². The monoisotopic (exact) mass is 212 g/mol. The second-order valence-corrected chi connectivity index (χ2v) is 3.71. The van der Waals surface area contributed by atoms with E-state index in [0.29, 0.717) is 0 Å². The maximum atomic E-state index is 10.9. The molecule has 0 amide bonds. The number of hydrogen-bond donors (Lipinski definition) is 1. The molecule has 0 bridgehead atoms. The molecule has 4 heteroatoms. The maximum absolute atomic E-state index is 10.9. The normalized spacial score (nSPS) is 10.5. The third kappa shape index (κ3) is 2.81. The summed E-state index contributed by atoms with van der Waals surface area (Å²) < 4.78 is 1.49. The zero-order chi connectivity index (χ0) is 12.2. The predicted octanol–water partition coefficient (Wildman–Crippen LogP) is 2.35. The second-order valence-electron chi connectivity index (χ2n) is 3.71. The van der Waals surface area contributed by atoms with Crippen molar-refractivity contribution in [3.8, 4) is 0 Å². The average Bonchev–Trinajstić information content (AvgIpc) is 2.51. The first kappa shape index (κ1) is 13.7. The van der Waals surface area contributed by atoms with Crippen LogP contribution in [0.5, 0.6) is 0 Å². The number of carboxylic acid groups (broad SMARTS) is 1. The quantitative estimate of drug-likeness (QED) is 0.818. The van der Waals surface area contributed by atoms with Crippen molar-refractivity contribution in [3.63, 3.8) is 0 Å². The lowest BCUT2D eigenvalue weighted by Crippen LogP contribution is -2.36. The standard InChI is InChI=1S/C9H14N2O2.C2H6/c1-6-5-11(10-7(6)2)9(3,4)8(12)13;1-2/h5H,1-4H3,(H,12,13);1-2H3. The number of carbonyl (C=O) groups is 1. The van der Waals surface area contributed by atoms with Gasteiger partial charge < -0.3 is 5.11 Å². The lowest BCUT2D eigenvalue weighted by molar-refractivity contribution is -0.146. The Kier molecular flexibility index (Phi) is 4.52. The number of carboxylic acids is 1. The highest BCUT2D eigenvalue weighted by Gasteiger charge is 2.30. The van der Waals surface area contributed by atoms with Gasteiger partial charge in [-0.15, -0.1) is 0 Å². The minimum absolute atomic E-state index is 0.870. The summed E-state index contributed by atoms with van der Waals surface area (Å²) in [6.07, 6.45) is 1.75. The van der Waals surface area contributed by atoms with Gasteiger partial charge in [0.2, 0.25) is 0 Å². The number of aliphatic carboxylic acids is 1. The largest absolute Gasteiger partial charge is 0.479 e. The SMILES string of the molecule is CC.Cc1cn(C(C)(C)C(=O)O)nc1C. The van der Waals surface area contributed by atoms with Crippen molar-refractivity contribution in [1.82, 2.24) is 9.78 Å². The van der Waals surface area contributed by atoms with Crippen molar-refractivity contribution in [2.24, 2.45) is 0 Å². The molecule has 0 saturated carbocycles. The van der Waals surface area contributed by atoms with Gasteiger partial charge in [0, 0.05) is 6.20 Å². The van der Waals surface area contributed by atoms with Crippen LogP contribution in [0.2, 0.25) is 0 Å². The molecule has 0 atom stereocenters. The Balaban J connectivity index is 0.000000921. The third-order valence-corrected chi connectivity index (χ3v) is 2.24. The topological polar surface area (TPSA) is 55.1 Å². The van der Waals surface area contributed by atoms with Gasteiger partial charge in [0.1, 0.15) is 0 Å². The van der Waals surface area contributed by atoms with Crippen LogP contribution in [-0.2, 0) is 10.3 Å². The van der Waals surface area contributed by atoms with Gasteiger partial charge >= 0.3 is 5.97 Å². The first-order valence-corrected chi connectivity index (χ1v) is 5.12. The Morgan fingerprint density at radius 1 is 1.40 bits per heavy atom. The Labute approximate surface area is 90.9 Å². The van der Waals surface area contributed by atoms with E-state index in [1.54, 1.807) is 20.0 Å². The molecule has 0 aliphatic rings. The molecule has 86 valence electrons. The van der Waals surface area contributed by atoms with Gasteiger partial charge in [-0.05, 0) is 33.3 Å². The zero-order valence-corrected chi connectivity index (χ0v) is 10.3. The van der Waals surface area contributed by atoms with Crippen molar-refractivity contribution >= 4 is 5.97 Å². The van der Waals surface area contributed by atoms with Gasteiger partial charge in [-0.3, -0.25) is 4.68 Å². The molecule has 0 aliphatic heterocycles. The summed E-state index contributed by atoms with van der Waals surface area (Å²) in [5.41, 5.74) is 0.905. The van der Waals surface area contributed by atoms with Crippen molar-refractivity contribution < 1.29 is 9.90 Å². The smallest absolute Gasteiger partial charge is 0.331 e. The van der Waals surface area contributed by atoms with Crippen molar-refractivity contribution in [2.45, 2.75) is 47.1 Å². The fraction of sp³-hybridized carbons (Fsp3) is 0.636. The first-order valence-electron chi connectivity index (χ1n) is 5.12. The van der Waals surface area contributed by atoms with Crippen LogP contribution >= 0.6 is 0 Å². The highest BCUT2D eigenvalue weighted by Crippen LogP contribution is 2.16. The molecule has 0 unspecified atom stereocenters. The Bertz CT molecular complexity index is 321. The molecule has 1 heterocycles. The third-order valence-electron chi connectivity index (χ3n) is 2.24. The van der Waals surface area contributed by atoms with Gasteiger partial charge in [-0.2, -0.15) is 5.10 Å². The van der Waals surface area contributed by atoms with E-state index < -0.39 is 11.5 Å². The summed E-state index contributed by atoms with van der Waals surface area (Å²) >= 11 is 0. The first-order chi connectivity index (χ1) is 6.85. The maximum Gasteiger partial charge on any atom is 0.331 e. The number of aromatic nitrogens is 2. The summed E-state index contributed by atoms with van der Waals surface area (Å²) in [6.45, 7) is 11.0. The van der Waals surface area contributed by atoms with E-state index in [9.17, 15) is 4.79 Å². The van der Waals surface area contributed by atoms with Gasteiger partial charge in [0.25, 0.3) is 0 Å². The van der Waals surface area contributed by atoms with Gasteiger partial charge in [0.15, 0.2) is 5.54 Å². The number of aryl methyl sites for hydroxylation is 2. The molecular weight excluding hydrogens is 192 g/mol. The summed E-state index contributed by atoms with van der Waals surface area (Å²) in [4.78, 5) is 10.9. The minimum atomic E-state index is -0.973. The molecule has 0 fully saturated rings. The van der Waals surface area contributed by atoms with Crippen LogP contribution in [0.4, 0.5) is 0 Å². The van der Waals surface area contributed by atoms with Crippen LogP contribution in [-0.4, -0.2) is 20.9 Å². The lowest BCUT2D eigenvalue weighted by atomic mass is 10.1. The van der Waals surface area contributed by atoms with Crippen LogP contribution < -0.4 is 0 Å². The molecule has 1 aromatic rings. The molecule has 0 aromatic carbocycles. The van der Waals surface area contributed by atoms with Crippen LogP contribution in [0.15, 0.2) is 6.20 Å². The van der Waals surface area contributed by atoms with Crippen molar-refractivity contribution in [3.05, 3.63) is 17.5 Å². The molecule has 0 saturated heterocycles. The van der Waals surface area contributed by atoms with E-state index in [2.05, 4.69) is 5.10 Å². The van der Waals surface area contributed by atoms with E-state index in [4.69, 9.17) is 5.11 Å². The Morgan fingerprint density at radius 3 is 2.13 bits per heavy atom. The average molecular weight is 212 g/mol. The van der Waals surface area contributed by atoms with E-state index >= 15 is 0 Å². The number of nitrogens with zero attached hydrogens (tertiary/aromatic N) is 2. The van der Waals surface area contributed by atoms with E-state index in [0.717, 1.165) is 11.3 Å². The summed E-state index contributed by atoms with van der Waals surface area (Å²) in [5.74, 6) is -0.880. The van der Waals surface area contributed by atoms with Gasteiger partial charge in [0.05, 0.1) is 5.69 Å². The van der Waals surface area contributed by atoms with Crippen molar-refractivity contribution in [2.75, 3.05) is 0 Å². The Morgan fingerprint density at radius 2 is 1.87 bits per heavy atom. The van der Waals surface area contributed by atoms with E-state index in [1.807, 2.05) is 27.7 Å². The van der Waals surface area contributed by atoms with Crippen molar-refractivity contribution in [1.29, 1.82) is 0 Å². The van der Waals surface area contributed by atoms with Gasteiger partial charge in [-0.1, -0.05) is 13.8 Å². The van der Waals surface area contributed by atoms with Crippen LogP contribution in [0, 0.1) is 13.8 Å². The summed E-state index contributed by atoms with van der Waals surface area (Å²) in [5, 5.41) is 13.1. The second kappa shape index (κ2) is 4.96. The summed E-state index contributed by atoms with van der Waals surface area (Å²) in [6, 6.07) is 0. The molecule has 1 N–H and O–H groups in total. The highest BCUT2D eigenvalue weighted by molar-refractivity contribution is 5.75. The number of rotatable bonds is 2. The van der Waals surface area contributed by atoms with E-state index in [-0.39, 0.29) is 0 Å². The molecule has 1 aromatic heterocycles. The fourth-order valence-electron chi connectivity index (χ4n) is 0.931. The minimum Gasteiger partial charge on any atom is -0.479 e. The molecule has 0 aliphatic carbocycles. The molecule has 15 heavy (non-hydrogen) atoms. The zero-order valence-electron chi connectivity index (χ0n) is 10.3. The van der Waals surface area contributed by atoms with Gasteiger partial charge in [-0.25, -0.2) is 4.79 Å². The Hall–Kier alpha value is -1.32. The molecular formula is C11H20N2O2. The fourth-order valence-corrected chi connectivity index (χ4v) is 0.931. The van der Waals surface area contributed by atoms with Crippen LogP contribution in [0.1, 0.15) is 39.0 Å².